The number of aliphatic hydroxyl groups is 7. The van der Waals surface area contributed by atoms with Gasteiger partial charge in [-0.3, -0.25) is 76.7 Å². The molecular weight excluding hydrogens is 1800 g/mol. The van der Waals surface area contributed by atoms with Crippen molar-refractivity contribution in [2.75, 3.05) is 46.6 Å². The highest BCUT2D eigenvalue weighted by Gasteiger charge is 2.59. The van der Waals surface area contributed by atoms with Crippen LogP contribution >= 0.6 is 0 Å². The van der Waals surface area contributed by atoms with Crippen molar-refractivity contribution < 1.29 is 190 Å². The lowest BCUT2D eigenvalue weighted by atomic mass is 9.92. The molecule has 0 aromatic rings. The number of aliphatic carboxylic acids is 4. The molecular formula is C79H132N16O39. The molecule has 55 heteroatoms. The van der Waals surface area contributed by atoms with E-state index in [1.807, 2.05) is 0 Å². The molecule has 0 unspecified atom stereocenters. The molecule has 4 fully saturated rings. The van der Waals surface area contributed by atoms with Gasteiger partial charge in [-0.05, 0) is 120 Å². The first kappa shape index (κ1) is 116. The third-order valence-corrected chi connectivity index (χ3v) is 21.6. The number of hydrogen-bond acceptors (Lipinski definition) is 37. The van der Waals surface area contributed by atoms with Crippen molar-refractivity contribution in [3.8, 4) is 0 Å². The molecule has 4 heterocycles. The summed E-state index contributed by atoms with van der Waals surface area (Å²) in [5.74, 6) is -19.6. The Bertz CT molecular complexity index is 3980. The topological polar surface area (TPSA) is 843 Å². The fourth-order valence-electron chi connectivity index (χ4n) is 14.3. The SMILES string of the molecule is CO[C@H]1O[C@H](CO)[C@@H](O[C@H]2O[C@H](CO)[C@@H](O[C@H]3O[C@H](CO)[C@@H](O[C@H]4O[C@H](CO)[C@@H](O)[C@H](O)[C@H]4NC(C)=O)[C@H](O[C@@H](C)C(=O)N[C@@H](C)C(=O)N[C@H](CCC(=O)N[C@@H](CCCCN)C(=O)N[C@H](C)C(=O)N[C@H](C)C(=O)O)C(=O)O)[C@H]3NC(C)=O)[C@H](O)[C@H]2NC(C)=O)[C@H](O[C@@H](C)C(=O)N[C@@H](C)C(=O)N[C@H](CCC(=O)N[C@@H](CCCCN)C(=O)N[C@H](C)C(=O)N[C@H](C)C(=O)O)C(=O)O)[C@H]1NC(C)=O. The number of rotatable bonds is 55. The maximum atomic E-state index is 14.5. The minimum absolute atomic E-state index is 0.00757. The van der Waals surface area contributed by atoms with Crippen molar-refractivity contribution in [1.29, 1.82) is 0 Å². The molecule has 0 spiro atoms. The summed E-state index contributed by atoms with van der Waals surface area (Å²) in [7, 11) is 1.11. The third-order valence-electron chi connectivity index (χ3n) is 21.6. The van der Waals surface area contributed by atoms with Gasteiger partial charge in [-0.15, -0.1) is 0 Å². The fraction of sp³-hybridized carbons (Fsp3) is 0.772. The number of aliphatic hydroxyl groups excluding tert-OH is 7. The minimum Gasteiger partial charge on any atom is -0.480 e. The molecule has 0 saturated carbocycles. The molecule has 0 aromatic heterocycles. The number of carboxylic acid groups (broad SMARTS) is 4. The summed E-state index contributed by atoms with van der Waals surface area (Å²) in [4.78, 5) is 236. The van der Waals surface area contributed by atoms with Gasteiger partial charge in [0.15, 0.2) is 25.2 Å². The number of nitrogens with one attached hydrogen (secondary N) is 14. The first-order chi connectivity index (χ1) is 62.9. The fourth-order valence-corrected chi connectivity index (χ4v) is 14.3. The number of unbranched alkanes of at least 4 members (excludes halogenated alkanes) is 2. The van der Waals surface area contributed by atoms with Gasteiger partial charge in [0.05, 0.1) is 26.4 Å². The molecule has 14 amide bonds. The molecule has 29 N–H and O–H groups in total. The summed E-state index contributed by atoms with van der Waals surface area (Å²) in [6.07, 6.45) is -36.0. The smallest absolute Gasteiger partial charge is 0.326 e. The standard InChI is InChI=1S/C79H132N16O39/c1-30(64(109)86-34(5)72(117)118)84-70(115)42(18-14-16-24-80)92-50(104)22-20-44(74(121)122)94-66(111)32(3)82-68(113)36(7)126-62-54(90-40(11)102)76(125-13)129-48(28-98)60(62)134-78-53(89-39(10)101)58(108)59(47(27-97)130-78)132-79-55(91-41(12)103)63(61(49(29-99)131-79)133-77-52(88-38(9)100)57(107)56(106)46(26-96)128-77)127-37(8)69(114)83-33(4)67(112)95-45(75(123)124)21-23-51(105)93-43(19-15-17-25-81)71(116)85-31(2)65(110)87-35(6)73(119)120/h30-37,42-49,52-63,76-79,96-99,106-108H,14-29,80-81H2,1-13H3,(H,82,113)(H,83,114)(H,84,115)(H,85,116)(H,86,109)(H,87,110)(H,88,100)(H,89,101)(H,90,102)(H,91,103)(H,92,104)(H,93,105)(H,94,111)(H,95,112)(H,117,118)(H,119,120)(H,121,122)(H,123,124)/t30-,31-,32+,33+,34-,35-,36+,37+,42+,43+,44-,45-,46-,47-,48-,49-,52-,53-,54-,55-,56-,57-,58-,59-,60-,61-,62-,63-,76+,77-,78-,79-/m1/s1. The van der Waals surface area contributed by atoms with Gasteiger partial charge in [0.1, 0.15) is 170 Å². The van der Waals surface area contributed by atoms with E-state index in [4.69, 9.17) is 58.8 Å². The number of hydrogen-bond donors (Lipinski definition) is 27. The molecule has 0 aromatic carbocycles. The first-order valence-electron chi connectivity index (χ1n) is 43.2. The number of carboxylic acids is 4. The summed E-state index contributed by atoms with van der Waals surface area (Å²) in [5, 5.41) is 151. The highest BCUT2D eigenvalue weighted by molar-refractivity contribution is 5.96. The van der Waals surface area contributed by atoms with Crippen LogP contribution in [0.5, 0.6) is 0 Å². The summed E-state index contributed by atoms with van der Waals surface area (Å²) in [6, 6.07) is -22.2. The number of nitrogens with two attached hydrogens (primary N) is 2. The molecule has 0 bridgehead atoms. The van der Waals surface area contributed by atoms with Crippen LogP contribution in [0.3, 0.4) is 0 Å². The van der Waals surface area contributed by atoms with E-state index < -0.39 is 354 Å². The van der Waals surface area contributed by atoms with Crippen molar-refractivity contribution in [3.63, 3.8) is 0 Å². The lowest BCUT2D eigenvalue weighted by Crippen LogP contribution is -2.72. The Morgan fingerprint density at radius 3 is 0.933 bits per heavy atom. The zero-order valence-electron chi connectivity index (χ0n) is 76.3. The molecule has 55 nitrogen and oxygen atoms in total. The first-order valence-corrected chi connectivity index (χ1v) is 43.2. The highest BCUT2D eigenvalue weighted by atomic mass is 16.8. The van der Waals surface area contributed by atoms with E-state index in [1.165, 1.54) is 27.7 Å². The molecule has 4 rings (SSSR count). The number of ether oxygens (including phenoxy) is 10. The van der Waals surface area contributed by atoms with Crippen LogP contribution in [-0.4, -0.2) is 405 Å². The van der Waals surface area contributed by atoms with Crippen LogP contribution < -0.4 is 85.9 Å². The van der Waals surface area contributed by atoms with Crippen molar-refractivity contribution in [2.24, 2.45) is 11.5 Å². The normalized spacial score (nSPS) is 27.7. The van der Waals surface area contributed by atoms with Crippen LogP contribution in [-0.2, 0) is 134 Å². The summed E-state index contributed by atoms with van der Waals surface area (Å²) >= 11 is 0. The average Bonchev–Trinajstić information content (AvgIpc) is 0.752. The molecule has 134 heavy (non-hydrogen) atoms. The van der Waals surface area contributed by atoms with Crippen LogP contribution in [0.4, 0.5) is 0 Å². The number of amides is 14. The van der Waals surface area contributed by atoms with Gasteiger partial charge in [0, 0.05) is 47.6 Å². The van der Waals surface area contributed by atoms with Gasteiger partial charge in [-0.25, -0.2) is 9.59 Å². The Hall–Kier alpha value is -10.3. The number of carbonyl (C=O) groups is 18. The Morgan fingerprint density at radius 1 is 0.313 bits per heavy atom. The van der Waals surface area contributed by atoms with Gasteiger partial charge in [-0.1, -0.05) is 0 Å². The van der Waals surface area contributed by atoms with Gasteiger partial charge in [0.2, 0.25) is 82.7 Å². The Morgan fingerprint density at radius 2 is 0.604 bits per heavy atom. The summed E-state index contributed by atoms with van der Waals surface area (Å²) < 4.78 is 62.1. The monoisotopic (exact) mass is 1930 g/mol. The second-order valence-corrected chi connectivity index (χ2v) is 32.5. The van der Waals surface area contributed by atoms with Crippen molar-refractivity contribution in [3.05, 3.63) is 0 Å². The Labute approximate surface area is 768 Å². The lowest BCUT2D eigenvalue weighted by molar-refractivity contribution is -0.366. The second kappa shape index (κ2) is 56.3. The number of carbonyl (C=O) groups excluding carboxylic acids is 14. The van der Waals surface area contributed by atoms with E-state index in [-0.39, 0.29) is 32.4 Å². The Balaban J connectivity index is 1.69. The van der Waals surface area contributed by atoms with Crippen molar-refractivity contribution >= 4 is 107 Å². The molecule has 4 aliphatic rings. The second-order valence-electron chi connectivity index (χ2n) is 32.5. The molecule has 0 aliphatic carbocycles. The van der Waals surface area contributed by atoms with E-state index in [2.05, 4.69) is 74.4 Å². The maximum Gasteiger partial charge on any atom is 0.326 e. The van der Waals surface area contributed by atoms with Gasteiger partial charge in [-0.2, -0.15) is 0 Å². The van der Waals surface area contributed by atoms with Crippen LogP contribution in [0.1, 0.15) is 147 Å². The average molecular weight is 1930 g/mol. The molecule has 4 aliphatic heterocycles. The zero-order chi connectivity index (χ0) is 101. The van der Waals surface area contributed by atoms with Crippen molar-refractivity contribution in [1.82, 2.24) is 74.4 Å². The van der Waals surface area contributed by atoms with E-state index in [1.54, 1.807) is 0 Å². The molecule has 762 valence electrons. The zero-order valence-corrected chi connectivity index (χ0v) is 76.3. The van der Waals surface area contributed by atoms with E-state index in [0.717, 1.165) is 62.5 Å². The highest BCUT2D eigenvalue weighted by Crippen LogP contribution is 2.37. The van der Waals surface area contributed by atoms with E-state index in [9.17, 15) is 142 Å². The van der Waals surface area contributed by atoms with Crippen LogP contribution in [0.15, 0.2) is 0 Å². The summed E-state index contributed by atoms with van der Waals surface area (Å²) in [6.45, 7) is 9.18. The third kappa shape index (κ3) is 35.4. The summed E-state index contributed by atoms with van der Waals surface area (Å²) in [5.41, 5.74) is 11.3. The maximum absolute atomic E-state index is 14.5. The van der Waals surface area contributed by atoms with Crippen LogP contribution in [0, 0.1) is 0 Å². The predicted octanol–water partition coefficient (Wildman–Crippen LogP) is -12.6. The predicted molar refractivity (Wildman–Crippen MR) is 450 cm³/mol. The van der Waals surface area contributed by atoms with Gasteiger partial charge < -0.3 is 189 Å². The van der Waals surface area contributed by atoms with Crippen LogP contribution in [0.2, 0.25) is 0 Å². The van der Waals surface area contributed by atoms with Gasteiger partial charge >= 0.3 is 23.9 Å². The van der Waals surface area contributed by atoms with Crippen LogP contribution in [0.25, 0.3) is 0 Å². The van der Waals surface area contributed by atoms with E-state index >= 15 is 0 Å². The lowest BCUT2D eigenvalue weighted by Gasteiger charge is -2.52. The Kier molecular flexibility index (Phi) is 48.7. The van der Waals surface area contributed by atoms with Gasteiger partial charge in [0.25, 0.3) is 0 Å². The van der Waals surface area contributed by atoms with Crippen molar-refractivity contribution in [2.45, 2.75) is 342 Å². The largest absolute Gasteiger partial charge is 0.480 e. The quantitative estimate of drug-likeness (QED) is 0.0251. The molecule has 32 atom stereocenters. The minimum atomic E-state index is -2.26. The van der Waals surface area contributed by atoms with E-state index in [0.29, 0.717) is 19.3 Å². The molecule has 0 radical (unpaired) electrons. The molecule has 4 saturated heterocycles. The number of methoxy groups -OCH3 is 1.